The van der Waals surface area contributed by atoms with Crippen LogP contribution in [0, 0.1) is 0 Å². The highest BCUT2D eigenvalue weighted by molar-refractivity contribution is 6.04. The molecule has 2 aromatic rings. The van der Waals surface area contributed by atoms with Gasteiger partial charge in [-0.2, -0.15) is 0 Å². The second-order valence-electron chi connectivity index (χ2n) is 3.79. The first kappa shape index (κ1) is 12.0. The highest BCUT2D eigenvalue weighted by atomic mass is 16.4. The number of nitrogens with zero attached hydrogens (tertiary/aromatic N) is 1. The Labute approximate surface area is 104 Å². The van der Waals surface area contributed by atoms with Crippen LogP contribution in [0.3, 0.4) is 0 Å². The van der Waals surface area contributed by atoms with Crippen molar-refractivity contribution in [2.24, 2.45) is 0 Å². The minimum absolute atomic E-state index is 0.435. The van der Waals surface area contributed by atoms with Crippen molar-refractivity contribution in [3.8, 4) is 0 Å². The van der Waals surface area contributed by atoms with Gasteiger partial charge in [0.2, 0.25) is 0 Å². The first-order chi connectivity index (χ1) is 8.66. The molecule has 0 fully saturated rings. The lowest BCUT2D eigenvalue weighted by molar-refractivity contribution is -0.139. The summed E-state index contributed by atoms with van der Waals surface area (Å²) in [7, 11) is 0. The van der Waals surface area contributed by atoms with Crippen molar-refractivity contribution in [2.75, 3.05) is 0 Å². The third-order valence-corrected chi connectivity index (χ3v) is 2.44. The van der Waals surface area contributed by atoms with E-state index in [1.807, 2.05) is 30.3 Å². The zero-order valence-electron chi connectivity index (χ0n) is 9.54. The molecule has 1 aromatic heterocycles. The molecule has 4 nitrogen and oxygen atoms in total. The first-order valence-corrected chi connectivity index (χ1v) is 5.43. The summed E-state index contributed by atoms with van der Waals surface area (Å²) in [6.07, 6.45) is 4.06. The quantitative estimate of drug-likeness (QED) is 0.658. The van der Waals surface area contributed by atoms with Gasteiger partial charge in [-0.1, -0.05) is 24.3 Å². The van der Waals surface area contributed by atoms with Gasteiger partial charge in [0.25, 0.3) is 0 Å². The zero-order chi connectivity index (χ0) is 13.0. The monoisotopic (exact) mass is 241 g/mol. The summed E-state index contributed by atoms with van der Waals surface area (Å²) in [5.41, 5.74) is 1.59. The summed E-state index contributed by atoms with van der Waals surface area (Å²) < 4.78 is 0. The second-order valence-corrected chi connectivity index (χ2v) is 3.79. The van der Waals surface area contributed by atoms with E-state index >= 15 is 0 Å². The van der Waals surface area contributed by atoms with Crippen LogP contribution in [-0.4, -0.2) is 21.8 Å². The number of carbonyl (C=O) groups is 2. The molecule has 4 heteroatoms. The van der Waals surface area contributed by atoms with Crippen LogP contribution in [0.15, 0.2) is 42.6 Å². The molecule has 1 N–H and O–H groups in total. The van der Waals surface area contributed by atoms with Crippen LogP contribution in [0.25, 0.3) is 17.0 Å². The smallest absolute Gasteiger partial charge is 0.311 e. The number of fused-ring (bicyclic) bond motifs is 1. The molecule has 0 saturated heterocycles. The molecule has 0 bridgehead atoms. The Hall–Kier alpha value is -2.49. The molecule has 0 aliphatic carbocycles. The van der Waals surface area contributed by atoms with Crippen LogP contribution in [-0.2, 0) is 9.59 Å². The number of ketones is 1. The summed E-state index contributed by atoms with van der Waals surface area (Å²) in [5, 5.41) is 9.46. The number of allylic oxidation sites excluding steroid dienone is 1. The van der Waals surface area contributed by atoms with E-state index in [2.05, 4.69) is 4.98 Å². The van der Waals surface area contributed by atoms with E-state index in [1.54, 1.807) is 12.3 Å². The van der Waals surface area contributed by atoms with Crippen molar-refractivity contribution in [1.29, 1.82) is 0 Å². The molecule has 0 aliphatic rings. The predicted molar refractivity (Wildman–Crippen MR) is 68.0 cm³/mol. The van der Waals surface area contributed by atoms with Gasteiger partial charge in [-0.25, -0.2) is 0 Å². The number of para-hydroxylation sites is 1. The van der Waals surface area contributed by atoms with E-state index in [1.165, 1.54) is 6.08 Å². The Bertz CT molecular complexity index is 626. The van der Waals surface area contributed by atoms with E-state index in [9.17, 15) is 9.59 Å². The number of carbonyl (C=O) groups excluding carboxylic acids is 1. The molecular formula is C14H11NO3. The molecule has 2 rings (SSSR count). The molecule has 0 spiro atoms. The predicted octanol–water partition coefficient (Wildman–Crippen LogP) is 2.29. The Balaban J connectivity index is 2.29. The maximum absolute atomic E-state index is 11.3. The molecule has 0 aliphatic heterocycles. The number of hydrogen-bond donors (Lipinski definition) is 1. The van der Waals surface area contributed by atoms with E-state index in [0.717, 1.165) is 16.5 Å². The number of benzene rings is 1. The van der Waals surface area contributed by atoms with Crippen LogP contribution < -0.4 is 0 Å². The summed E-state index contributed by atoms with van der Waals surface area (Å²) in [6, 6.07) is 9.40. The number of rotatable bonds is 4. The van der Waals surface area contributed by atoms with Gasteiger partial charge in [0.05, 0.1) is 5.52 Å². The van der Waals surface area contributed by atoms with Gasteiger partial charge >= 0.3 is 5.97 Å². The maximum Gasteiger partial charge on any atom is 0.311 e. The van der Waals surface area contributed by atoms with Crippen LogP contribution in [0.1, 0.15) is 12.0 Å². The fourth-order valence-corrected chi connectivity index (χ4v) is 1.65. The molecule has 90 valence electrons. The van der Waals surface area contributed by atoms with Gasteiger partial charge in [-0.15, -0.1) is 0 Å². The molecular weight excluding hydrogens is 230 g/mol. The van der Waals surface area contributed by atoms with Crippen molar-refractivity contribution >= 4 is 28.7 Å². The number of aromatic nitrogens is 1. The van der Waals surface area contributed by atoms with Gasteiger partial charge in [0.15, 0.2) is 5.78 Å². The maximum atomic E-state index is 11.3. The Morgan fingerprint density at radius 2 is 2.00 bits per heavy atom. The number of aliphatic carboxylic acids is 1. The van der Waals surface area contributed by atoms with Crippen LogP contribution in [0.2, 0.25) is 0 Å². The number of pyridine rings is 1. The van der Waals surface area contributed by atoms with Gasteiger partial charge in [0.1, 0.15) is 6.42 Å². The highest BCUT2D eigenvalue weighted by Gasteiger charge is 2.04. The molecule has 0 saturated carbocycles. The number of carboxylic acids is 1. The van der Waals surface area contributed by atoms with Crippen molar-refractivity contribution in [1.82, 2.24) is 4.98 Å². The minimum Gasteiger partial charge on any atom is -0.481 e. The summed E-state index contributed by atoms with van der Waals surface area (Å²) in [4.78, 5) is 25.9. The van der Waals surface area contributed by atoms with Crippen molar-refractivity contribution < 1.29 is 14.7 Å². The third-order valence-electron chi connectivity index (χ3n) is 2.44. The van der Waals surface area contributed by atoms with Gasteiger partial charge in [-0.3, -0.25) is 14.6 Å². The highest BCUT2D eigenvalue weighted by Crippen LogP contribution is 2.17. The summed E-state index contributed by atoms with van der Waals surface area (Å²) >= 11 is 0. The Kier molecular flexibility index (Phi) is 3.48. The molecule has 0 radical (unpaired) electrons. The molecule has 0 amide bonds. The molecule has 0 atom stereocenters. The standard InChI is InChI=1S/C14H11NO3/c16-12(9-13(17)18)7-6-11-4-1-3-10-5-2-8-15-14(10)11/h1-8H,9H2,(H,17,18). The lowest BCUT2D eigenvalue weighted by atomic mass is 10.1. The van der Waals surface area contributed by atoms with Crippen molar-refractivity contribution in [3.63, 3.8) is 0 Å². The van der Waals surface area contributed by atoms with Gasteiger partial charge < -0.3 is 5.11 Å². The van der Waals surface area contributed by atoms with E-state index in [-0.39, 0.29) is 0 Å². The third kappa shape index (κ3) is 2.79. The SMILES string of the molecule is O=C(O)CC(=O)C=Cc1cccc2cccnc12. The van der Waals surface area contributed by atoms with E-state index < -0.39 is 18.2 Å². The van der Waals surface area contributed by atoms with Crippen LogP contribution in [0.5, 0.6) is 0 Å². The topological polar surface area (TPSA) is 67.3 Å². The van der Waals surface area contributed by atoms with Gasteiger partial charge in [0, 0.05) is 17.1 Å². The molecule has 18 heavy (non-hydrogen) atoms. The zero-order valence-corrected chi connectivity index (χ0v) is 9.54. The fourth-order valence-electron chi connectivity index (χ4n) is 1.65. The second kappa shape index (κ2) is 5.23. The summed E-state index contributed by atoms with van der Waals surface area (Å²) in [6.45, 7) is 0. The normalized spacial score (nSPS) is 10.9. The molecule has 1 aromatic carbocycles. The molecule has 1 heterocycles. The van der Waals surface area contributed by atoms with Crippen LogP contribution >= 0.6 is 0 Å². The average Bonchev–Trinajstić information content (AvgIpc) is 2.35. The summed E-state index contributed by atoms with van der Waals surface area (Å²) in [5.74, 6) is -1.56. The van der Waals surface area contributed by atoms with Crippen molar-refractivity contribution in [2.45, 2.75) is 6.42 Å². The first-order valence-electron chi connectivity index (χ1n) is 5.43. The van der Waals surface area contributed by atoms with E-state index in [4.69, 9.17) is 5.11 Å². The largest absolute Gasteiger partial charge is 0.481 e. The van der Waals surface area contributed by atoms with E-state index in [0.29, 0.717) is 0 Å². The average molecular weight is 241 g/mol. The Morgan fingerprint density at radius 3 is 2.78 bits per heavy atom. The lowest BCUT2D eigenvalue weighted by Crippen LogP contribution is -2.02. The fraction of sp³-hybridized carbons (Fsp3) is 0.0714. The minimum atomic E-state index is -1.12. The number of carboxylic acid groups (broad SMARTS) is 1. The lowest BCUT2D eigenvalue weighted by Gasteiger charge is -2.00. The number of hydrogen-bond acceptors (Lipinski definition) is 3. The Morgan fingerprint density at radius 1 is 1.22 bits per heavy atom. The van der Waals surface area contributed by atoms with Crippen LogP contribution in [0.4, 0.5) is 0 Å². The van der Waals surface area contributed by atoms with Gasteiger partial charge in [-0.05, 0) is 18.2 Å². The van der Waals surface area contributed by atoms with Crippen molar-refractivity contribution in [3.05, 3.63) is 48.2 Å². The molecule has 0 unspecified atom stereocenters.